The van der Waals surface area contributed by atoms with E-state index in [2.05, 4.69) is 42.2 Å². The summed E-state index contributed by atoms with van der Waals surface area (Å²) in [6.07, 6.45) is 1.12. The second-order valence-corrected chi connectivity index (χ2v) is 18.6. The summed E-state index contributed by atoms with van der Waals surface area (Å²) in [4.78, 5) is 150. The molecule has 2 aliphatic rings. The van der Waals surface area contributed by atoms with E-state index >= 15 is 0 Å². The molecule has 0 bridgehead atoms. The van der Waals surface area contributed by atoms with Crippen molar-refractivity contribution in [2.24, 2.45) is 5.92 Å². The molecule has 8 amide bonds. The number of aliphatic carboxylic acids is 2. The number of aromatic amines is 1. The zero-order chi connectivity index (χ0) is 50.9. The Morgan fingerprint density at radius 3 is 2.04 bits per heavy atom. The second kappa shape index (κ2) is 26.5. The number of para-hydroxylation sites is 1. The molecule has 12 N–H and O–H groups in total. The molecular formula is C43H59N9O15S2. The van der Waals surface area contributed by atoms with Gasteiger partial charge in [0, 0.05) is 48.5 Å². The van der Waals surface area contributed by atoms with Crippen molar-refractivity contribution in [1.82, 2.24) is 47.1 Å². The number of nitrogens with zero attached hydrogens (tertiary/aromatic N) is 1. The number of H-pyrrole nitrogens is 1. The fraction of sp³-hybridized carbons (Fsp3) is 0.558. The van der Waals surface area contributed by atoms with Gasteiger partial charge in [-0.1, -0.05) is 38.5 Å². The number of carboxylic acid groups (broad SMARTS) is 2. The summed E-state index contributed by atoms with van der Waals surface area (Å²) in [6.45, 7) is 2.46. The Balaban J connectivity index is 1.75. The molecule has 0 saturated carbocycles. The van der Waals surface area contributed by atoms with E-state index in [0.717, 1.165) is 35.3 Å². The molecule has 3 heterocycles. The predicted octanol–water partition coefficient (Wildman–Crippen LogP) is -3.25. The molecule has 378 valence electrons. The first-order chi connectivity index (χ1) is 32.8. The average molecular weight is 1010 g/mol. The number of benzene rings is 1. The molecule has 4 rings (SSSR count). The van der Waals surface area contributed by atoms with Crippen LogP contribution in [0.2, 0.25) is 0 Å². The third-order valence-corrected chi connectivity index (χ3v) is 13.6. The van der Waals surface area contributed by atoms with E-state index in [9.17, 15) is 73.2 Å². The number of carbonyl (C=O) groups is 11. The molecule has 0 aliphatic carbocycles. The van der Waals surface area contributed by atoms with Crippen molar-refractivity contribution in [2.45, 2.75) is 101 Å². The fourth-order valence-electron chi connectivity index (χ4n) is 7.52. The number of Topliss-reactive ketones (excluding diaryl/α,β-unsaturated/α-hetero) is 1. The smallest absolute Gasteiger partial charge is 0.326 e. The van der Waals surface area contributed by atoms with Gasteiger partial charge in [-0.05, 0) is 30.4 Å². The number of aliphatic hydroxyl groups is 2. The number of carbonyl (C=O) groups excluding carboxylic acids is 9. The Morgan fingerprint density at radius 1 is 0.812 bits per heavy atom. The molecule has 26 heteroatoms. The Morgan fingerprint density at radius 2 is 1.42 bits per heavy atom. The van der Waals surface area contributed by atoms with Crippen molar-refractivity contribution < 1.29 is 73.2 Å². The first kappa shape index (κ1) is 55.3. The molecule has 1 aromatic heterocycles. The van der Waals surface area contributed by atoms with E-state index in [4.69, 9.17) is 0 Å². The van der Waals surface area contributed by atoms with Crippen molar-refractivity contribution >= 4 is 99.4 Å². The van der Waals surface area contributed by atoms with E-state index in [1.165, 1.54) is 0 Å². The molecule has 2 aliphatic heterocycles. The van der Waals surface area contributed by atoms with Crippen molar-refractivity contribution in [3.8, 4) is 0 Å². The molecule has 2 saturated heterocycles. The zero-order valence-electron chi connectivity index (χ0n) is 38.1. The van der Waals surface area contributed by atoms with E-state index in [1.54, 1.807) is 44.3 Å². The average Bonchev–Trinajstić information content (AvgIpc) is 3.97. The van der Waals surface area contributed by atoms with Crippen LogP contribution in [0.5, 0.6) is 0 Å². The summed E-state index contributed by atoms with van der Waals surface area (Å²) >= 11 is 1.87. The lowest BCUT2D eigenvalue weighted by molar-refractivity contribution is -0.148. The van der Waals surface area contributed by atoms with E-state index in [1.807, 2.05) is 0 Å². The molecule has 2 aromatic rings. The van der Waals surface area contributed by atoms with Crippen LogP contribution in [0, 0.1) is 5.92 Å². The summed E-state index contributed by atoms with van der Waals surface area (Å²) in [5.41, 5.74) is 1.26. The number of fused-ring (bicyclic) bond motifs is 1. The maximum Gasteiger partial charge on any atom is 0.326 e. The maximum absolute atomic E-state index is 14.6. The number of likely N-dealkylation sites (tertiary alicyclic amines) is 1. The van der Waals surface area contributed by atoms with Crippen LogP contribution >= 0.6 is 23.5 Å². The van der Waals surface area contributed by atoms with Gasteiger partial charge < -0.3 is 67.5 Å². The minimum atomic E-state index is -1.82. The molecule has 0 radical (unpaired) electrons. The topological polar surface area (TPSA) is 372 Å². The van der Waals surface area contributed by atoms with Gasteiger partial charge in [0.2, 0.25) is 47.3 Å². The lowest BCUT2D eigenvalue weighted by Gasteiger charge is -2.31. The van der Waals surface area contributed by atoms with Crippen LogP contribution in [0.3, 0.4) is 0 Å². The standard InChI is InChI=1S/C43H59N9O15S2/c1-4-21(2)35-41(64)46-27(12-23-14-44-26-9-6-5-8-25(23)26)36(59)50-32(42(65)52-11-7-10-33(52)40(63)47-28(43(66)67)13-34(57)58)20-69-18-24(56)17-68-19-31(45-22(3)55)39(62)49-29(15-53)37(60)48-30(16-54)38(61)51-35/h5-6,8-9,14,21,27-33,35,44,53-54H,4,7,10-13,15-20H2,1-3H3,(H,45,55)(H,46,64)(H,47,63)(H,48,60)(H,49,62)(H,50,59)(H,51,61)(H,57,58)(H,66,67)/t21-,27-,28-,29-,30-,31-,32-,33-,35-/m0/s1. The monoisotopic (exact) mass is 1010 g/mol. The van der Waals surface area contributed by atoms with Crippen molar-refractivity contribution in [3.63, 3.8) is 0 Å². The summed E-state index contributed by atoms with van der Waals surface area (Å²) in [6, 6.07) is -5.08. The van der Waals surface area contributed by atoms with E-state index in [-0.39, 0.29) is 48.8 Å². The Hall–Kier alpha value is -6.25. The Bertz CT molecular complexity index is 2250. The number of carboxylic acids is 2. The van der Waals surface area contributed by atoms with Crippen molar-refractivity contribution in [2.75, 3.05) is 42.8 Å². The van der Waals surface area contributed by atoms with Crippen LogP contribution < -0.4 is 37.2 Å². The van der Waals surface area contributed by atoms with Gasteiger partial charge in [-0.2, -0.15) is 23.5 Å². The number of ketones is 1. The number of hydrogen-bond acceptors (Lipinski definition) is 15. The van der Waals surface area contributed by atoms with Gasteiger partial charge in [-0.15, -0.1) is 0 Å². The number of hydrogen-bond donors (Lipinski definition) is 12. The first-order valence-electron chi connectivity index (χ1n) is 22.1. The Kier molecular flexibility index (Phi) is 21.2. The highest BCUT2D eigenvalue weighted by atomic mass is 32.2. The highest BCUT2D eigenvalue weighted by Crippen LogP contribution is 2.23. The zero-order valence-corrected chi connectivity index (χ0v) is 39.7. The van der Waals surface area contributed by atoms with Crippen LogP contribution in [0.4, 0.5) is 0 Å². The van der Waals surface area contributed by atoms with Gasteiger partial charge in [-0.25, -0.2) is 4.79 Å². The third kappa shape index (κ3) is 15.9. The molecule has 1 aromatic carbocycles. The van der Waals surface area contributed by atoms with Gasteiger partial charge in [0.15, 0.2) is 5.78 Å². The molecule has 0 spiro atoms. The van der Waals surface area contributed by atoms with E-state index in [0.29, 0.717) is 22.9 Å². The van der Waals surface area contributed by atoms with Gasteiger partial charge >= 0.3 is 11.9 Å². The highest BCUT2D eigenvalue weighted by Gasteiger charge is 2.41. The number of thioether (sulfide) groups is 2. The van der Waals surface area contributed by atoms with Crippen LogP contribution in [-0.2, 0) is 59.2 Å². The van der Waals surface area contributed by atoms with Crippen molar-refractivity contribution in [1.29, 1.82) is 0 Å². The fourth-order valence-corrected chi connectivity index (χ4v) is 9.48. The first-order valence-corrected chi connectivity index (χ1v) is 24.4. The number of amides is 8. The van der Waals surface area contributed by atoms with Gasteiger partial charge in [0.1, 0.15) is 48.3 Å². The predicted molar refractivity (Wildman–Crippen MR) is 249 cm³/mol. The number of aromatic nitrogens is 1. The number of rotatable bonds is 13. The van der Waals surface area contributed by atoms with E-state index < -0.39 is 139 Å². The minimum Gasteiger partial charge on any atom is -0.481 e. The largest absolute Gasteiger partial charge is 0.481 e. The van der Waals surface area contributed by atoms with Crippen LogP contribution in [0.15, 0.2) is 30.5 Å². The van der Waals surface area contributed by atoms with Crippen LogP contribution in [-0.4, -0.2) is 186 Å². The van der Waals surface area contributed by atoms with Gasteiger partial charge in [0.05, 0.1) is 31.1 Å². The molecular weight excluding hydrogens is 947 g/mol. The van der Waals surface area contributed by atoms with Crippen molar-refractivity contribution in [3.05, 3.63) is 36.0 Å². The van der Waals surface area contributed by atoms with Crippen LogP contribution in [0.25, 0.3) is 10.9 Å². The SMILES string of the molecule is CC[C@H](C)[C@@H]1NC(=O)[C@H](CO)NC(=O)[C@H](CO)NC(=O)[C@@H](NC(C)=O)CSCC(=O)CSC[C@@H](C(=O)N2CCC[C@H]2C(=O)N[C@@H](CC(=O)O)C(=O)O)NC(=O)[C@H](Cc2c[nH]c3ccccc23)NC1=O. The normalized spacial score (nSPS) is 24.9. The molecule has 0 unspecified atom stereocenters. The molecule has 2 fully saturated rings. The number of aliphatic hydroxyl groups excluding tert-OH is 2. The minimum absolute atomic E-state index is 0.0244. The molecule has 24 nitrogen and oxygen atoms in total. The maximum atomic E-state index is 14.6. The number of nitrogens with one attached hydrogen (secondary N) is 8. The Labute approximate surface area is 404 Å². The highest BCUT2D eigenvalue weighted by molar-refractivity contribution is 8.01. The summed E-state index contributed by atoms with van der Waals surface area (Å²) in [5, 5.41) is 56.8. The molecule has 69 heavy (non-hydrogen) atoms. The quantitative estimate of drug-likeness (QED) is 0.0938. The summed E-state index contributed by atoms with van der Waals surface area (Å²) < 4.78 is 0. The third-order valence-electron chi connectivity index (χ3n) is 11.4. The lowest BCUT2D eigenvalue weighted by atomic mass is 9.96. The molecule has 9 atom stereocenters. The van der Waals surface area contributed by atoms with Gasteiger partial charge in [-0.3, -0.25) is 47.9 Å². The lowest BCUT2D eigenvalue weighted by Crippen LogP contribution is -2.62. The summed E-state index contributed by atoms with van der Waals surface area (Å²) in [7, 11) is 0. The summed E-state index contributed by atoms with van der Waals surface area (Å²) in [5.74, 6) is -12.3. The van der Waals surface area contributed by atoms with Gasteiger partial charge in [0.25, 0.3) is 0 Å². The van der Waals surface area contributed by atoms with Crippen LogP contribution in [0.1, 0.15) is 52.0 Å². The second-order valence-electron chi connectivity index (χ2n) is 16.6.